The van der Waals surface area contributed by atoms with Crippen molar-refractivity contribution in [1.29, 1.82) is 0 Å². The number of amides is 1. The minimum Gasteiger partial charge on any atom is -0.545 e. The number of aryl methyl sites for hydroxylation is 1. The van der Waals surface area contributed by atoms with Crippen LogP contribution in [-0.2, 0) is 11.2 Å². The van der Waals surface area contributed by atoms with Crippen molar-refractivity contribution in [1.82, 2.24) is 15.2 Å². The third kappa shape index (κ3) is 4.32. The minimum atomic E-state index is -1.25. The molecule has 2 aromatic rings. The zero-order valence-electron chi connectivity index (χ0n) is 11.3. The van der Waals surface area contributed by atoms with Gasteiger partial charge in [0.05, 0.1) is 11.7 Å². The van der Waals surface area contributed by atoms with Crippen molar-refractivity contribution < 1.29 is 14.7 Å². The number of benzene rings is 1. The van der Waals surface area contributed by atoms with Crippen molar-refractivity contribution in [2.75, 3.05) is 11.1 Å². The van der Waals surface area contributed by atoms with Crippen LogP contribution in [0.25, 0.3) is 0 Å². The molecule has 0 aliphatic carbocycles. The lowest BCUT2D eigenvalue weighted by atomic mass is 10.2. The van der Waals surface area contributed by atoms with Crippen molar-refractivity contribution in [2.24, 2.45) is 0 Å². The highest BCUT2D eigenvalue weighted by molar-refractivity contribution is 7.99. The first-order valence-corrected chi connectivity index (χ1v) is 7.22. The number of carbonyl (C=O) groups is 2. The van der Waals surface area contributed by atoms with Crippen LogP contribution in [-0.4, -0.2) is 32.8 Å². The number of aromatic amines is 1. The lowest BCUT2D eigenvalue weighted by Gasteiger charge is -2.06. The number of nitrogens with zero attached hydrogens (tertiary/aromatic N) is 2. The van der Waals surface area contributed by atoms with E-state index in [-0.39, 0.29) is 17.2 Å². The van der Waals surface area contributed by atoms with Crippen LogP contribution in [0.4, 0.5) is 5.69 Å². The normalized spacial score (nSPS) is 10.3. The Labute approximate surface area is 125 Å². The van der Waals surface area contributed by atoms with Crippen molar-refractivity contribution in [3.8, 4) is 0 Å². The molecule has 2 rings (SSSR count). The van der Waals surface area contributed by atoms with E-state index in [1.807, 2.05) is 6.92 Å². The fourth-order valence-electron chi connectivity index (χ4n) is 1.52. The fraction of sp³-hybridized carbons (Fsp3) is 0.231. The van der Waals surface area contributed by atoms with Gasteiger partial charge in [-0.1, -0.05) is 30.8 Å². The topological polar surface area (TPSA) is 111 Å². The number of carboxylic acid groups (broad SMARTS) is 1. The van der Waals surface area contributed by atoms with Gasteiger partial charge in [0.25, 0.3) is 0 Å². The van der Waals surface area contributed by atoms with Gasteiger partial charge < -0.3 is 15.2 Å². The van der Waals surface area contributed by atoms with E-state index in [4.69, 9.17) is 0 Å². The maximum Gasteiger partial charge on any atom is 0.234 e. The van der Waals surface area contributed by atoms with Gasteiger partial charge in [0.1, 0.15) is 5.82 Å². The molecule has 0 radical (unpaired) electrons. The zero-order valence-corrected chi connectivity index (χ0v) is 12.1. The van der Waals surface area contributed by atoms with Crippen LogP contribution in [0, 0.1) is 0 Å². The molecule has 0 unspecified atom stereocenters. The Morgan fingerprint density at radius 3 is 2.62 bits per heavy atom. The summed E-state index contributed by atoms with van der Waals surface area (Å²) in [5.41, 5.74) is 0.588. The van der Waals surface area contributed by atoms with Crippen LogP contribution >= 0.6 is 11.8 Å². The molecule has 0 spiro atoms. The Balaban J connectivity index is 1.85. The number of H-pyrrole nitrogens is 1. The number of aromatic nitrogens is 3. The van der Waals surface area contributed by atoms with E-state index in [0.717, 1.165) is 12.2 Å². The van der Waals surface area contributed by atoms with Gasteiger partial charge in [-0.3, -0.25) is 9.89 Å². The highest BCUT2D eigenvalue weighted by Gasteiger charge is 2.07. The molecule has 8 heteroatoms. The van der Waals surface area contributed by atoms with Crippen LogP contribution in [0.1, 0.15) is 23.1 Å². The summed E-state index contributed by atoms with van der Waals surface area (Å²) in [6.07, 6.45) is 0.755. The standard InChI is InChI=1S/C13H14N4O3S/c1-2-10-15-13(17-16-10)21-7-11(18)14-9-5-3-8(4-6-9)12(19)20/h3-6H,2,7H2,1H3,(H,14,18)(H,19,20)(H,15,16,17)/p-1. The number of rotatable bonds is 6. The number of nitrogens with one attached hydrogen (secondary N) is 2. The number of hydrogen-bond donors (Lipinski definition) is 2. The van der Waals surface area contributed by atoms with Gasteiger partial charge in [0, 0.05) is 12.1 Å². The molecule has 2 N–H and O–H groups in total. The summed E-state index contributed by atoms with van der Waals surface area (Å²) in [5.74, 6) is -0.525. The molecule has 0 saturated carbocycles. The third-order valence-corrected chi connectivity index (χ3v) is 3.43. The van der Waals surface area contributed by atoms with Gasteiger partial charge in [0.2, 0.25) is 11.1 Å². The van der Waals surface area contributed by atoms with Gasteiger partial charge in [-0.2, -0.15) is 0 Å². The first-order valence-electron chi connectivity index (χ1n) is 6.24. The summed E-state index contributed by atoms with van der Waals surface area (Å²) >= 11 is 1.22. The minimum absolute atomic E-state index is 0.0650. The number of hydrogen-bond acceptors (Lipinski definition) is 6. The largest absolute Gasteiger partial charge is 0.545 e. The molecule has 21 heavy (non-hydrogen) atoms. The molecule has 0 aliphatic rings. The SMILES string of the molecule is CCc1nc(SCC(=O)Nc2ccc(C(=O)[O-])cc2)n[nH]1. The van der Waals surface area contributed by atoms with Gasteiger partial charge in [-0.15, -0.1) is 5.10 Å². The maximum absolute atomic E-state index is 11.8. The first kappa shape index (κ1) is 15.0. The Morgan fingerprint density at radius 2 is 2.05 bits per heavy atom. The van der Waals surface area contributed by atoms with E-state index in [1.54, 1.807) is 0 Å². The molecular weight excluding hydrogens is 292 g/mol. The number of carboxylic acids is 1. The van der Waals surface area contributed by atoms with Gasteiger partial charge in [0.15, 0.2) is 0 Å². The van der Waals surface area contributed by atoms with Gasteiger partial charge >= 0.3 is 0 Å². The summed E-state index contributed by atoms with van der Waals surface area (Å²) in [7, 11) is 0. The van der Waals surface area contributed by atoms with E-state index >= 15 is 0 Å². The zero-order chi connectivity index (χ0) is 15.2. The maximum atomic E-state index is 11.8. The number of aromatic carboxylic acids is 1. The van der Waals surface area contributed by atoms with Gasteiger partial charge in [-0.05, 0) is 17.7 Å². The summed E-state index contributed by atoms with van der Waals surface area (Å²) in [6.45, 7) is 1.96. The Morgan fingerprint density at radius 1 is 1.33 bits per heavy atom. The third-order valence-electron chi connectivity index (χ3n) is 2.58. The first-order chi connectivity index (χ1) is 10.1. The summed E-state index contributed by atoms with van der Waals surface area (Å²) < 4.78 is 0. The molecule has 110 valence electrons. The second kappa shape index (κ2) is 6.89. The highest BCUT2D eigenvalue weighted by atomic mass is 32.2. The van der Waals surface area contributed by atoms with E-state index < -0.39 is 5.97 Å². The summed E-state index contributed by atoms with van der Waals surface area (Å²) in [4.78, 5) is 26.5. The molecular formula is C13H13N4O3S-. The second-order valence-corrected chi connectivity index (χ2v) is 5.06. The average molecular weight is 305 g/mol. The monoisotopic (exact) mass is 305 g/mol. The van der Waals surface area contributed by atoms with E-state index in [2.05, 4.69) is 20.5 Å². The second-order valence-electron chi connectivity index (χ2n) is 4.12. The molecule has 1 amide bonds. The van der Waals surface area contributed by atoms with Crippen molar-refractivity contribution in [3.05, 3.63) is 35.7 Å². The summed E-state index contributed by atoms with van der Waals surface area (Å²) in [5, 5.41) is 20.5. The van der Waals surface area contributed by atoms with Crippen LogP contribution < -0.4 is 10.4 Å². The van der Waals surface area contributed by atoms with Crippen LogP contribution in [0.15, 0.2) is 29.4 Å². The molecule has 0 saturated heterocycles. The van der Waals surface area contributed by atoms with E-state index in [0.29, 0.717) is 10.8 Å². The van der Waals surface area contributed by atoms with Crippen LogP contribution in [0.5, 0.6) is 0 Å². The fourth-order valence-corrected chi connectivity index (χ4v) is 2.13. The number of carbonyl (C=O) groups excluding carboxylic acids is 2. The molecule has 1 aromatic carbocycles. The quantitative estimate of drug-likeness (QED) is 0.750. The van der Waals surface area contributed by atoms with Crippen molar-refractivity contribution in [3.63, 3.8) is 0 Å². The molecule has 0 atom stereocenters. The Kier molecular flexibility index (Phi) is 4.94. The van der Waals surface area contributed by atoms with E-state index in [1.165, 1.54) is 36.0 Å². The van der Waals surface area contributed by atoms with Crippen LogP contribution in [0.2, 0.25) is 0 Å². The summed E-state index contributed by atoms with van der Waals surface area (Å²) in [6, 6.07) is 5.77. The molecule has 1 aromatic heterocycles. The number of thioether (sulfide) groups is 1. The Bertz CT molecular complexity index is 639. The molecule has 0 fully saturated rings. The molecule has 0 aliphatic heterocycles. The predicted molar refractivity (Wildman–Crippen MR) is 75.9 cm³/mol. The average Bonchev–Trinajstić information content (AvgIpc) is 2.94. The van der Waals surface area contributed by atoms with Crippen LogP contribution in [0.3, 0.4) is 0 Å². The van der Waals surface area contributed by atoms with E-state index in [9.17, 15) is 14.7 Å². The smallest absolute Gasteiger partial charge is 0.234 e. The molecule has 0 bridgehead atoms. The number of anilines is 1. The van der Waals surface area contributed by atoms with Crippen molar-refractivity contribution in [2.45, 2.75) is 18.5 Å². The Hall–Kier alpha value is -2.35. The van der Waals surface area contributed by atoms with Crippen molar-refractivity contribution >= 4 is 29.3 Å². The molecule has 7 nitrogen and oxygen atoms in total. The lowest BCUT2D eigenvalue weighted by molar-refractivity contribution is -0.255. The highest BCUT2D eigenvalue weighted by Crippen LogP contribution is 2.14. The van der Waals surface area contributed by atoms with Gasteiger partial charge in [-0.25, -0.2) is 4.98 Å². The predicted octanol–water partition coefficient (Wildman–Crippen LogP) is 0.461. The lowest BCUT2D eigenvalue weighted by Crippen LogP contribution is -2.22. The molecule has 1 heterocycles.